The molecule has 0 atom stereocenters. The molecule has 1 aliphatic carbocycles. The van der Waals surface area contributed by atoms with Gasteiger partial charge in [-0.05, 0) is 42.0 Å². The summed E-state index contributed by atoms with van der Waals surface area (Å²) in [6.45, 7) is 5.17. The number of aromatic carboxylic acids is 1. The summed E-state index contributed by atoms with van der Waals surface area (Å²) in [4.78, 5) is 18.6. The van der Waals surface area contributed by atoms with E-state index >= 15 is 0 Å². The van der Waals surface area contributed by atoms with Crippen LogP contribution in [-0.2, 0) is 6.54 Å². The van der Waals surface area contributed by atoms with Crippen molar-refractivity contribution >= 4 is 52.0 Å². The fourth-order valence-electron chi connectivity index (χ4n) is 4.09. The molecule has 0 spiro atoms. The van der Waals surface area contributed by atoms with Crippen molar-refractivity contribution in [3.05, 3.63) is 70.6 Å². The number of hydrogen-bond acceptors (Lipinski definition) is 4. The van der Waals surface area contributed by atoms with E-state index < -0.39 is 5.97 Å². The fourth-order valence-corrected chi connectivity index (χ4v) is 4.99. The van der Waals surface area contributed by atoms with Crippen LogP contribution in [0.2, 0.25) is 0 Å². The van der Waals surface area contributed by atoms with Gasteiger partial charge < -0.3 is 10.0 Å². The van der Waals surface area contributed by atoms with Crippen molar-refractivity contribution in [2.75, 3.05) is 4.90 Å². The van der Waals surface area contributed by atoms with E-state index in [4.69, 9.17) is 10.1 Å². The molecule has 1 saturated carbocycles. The quantitative estimate of drug-likeness (QED) is 0.459. The van der Waals surface area contributed by atoms with Crippen molar-refractivity contribution < 1.29 is 9.90 Å². The van der Waals surface area contributed by atoms with E-state index in [2.05, 4.69) is 48.4 Å². The van der Waals surface area contributed by atoms with E-state index in [9.17, 15) is 4.79 Å². The molecule has 0 amide bonds. The molecule has 0 unspecified atom stereocenters. The van der Waals surface area contributed by atoms with Gasteiger partial charge in [-0.1, -0.05) is 63.1 Å². The Bertz CT molecular complexity index is 993. The van der Waals surface area contributed by atoms with Crippen LogP contribution in [0.5, 0.6) is 0 Å². The third kappa shape index (κ3) is 5.78. The summed E-state index contributed by atoms with van der Waals surface area (Å²) in [6.07, 6.45) is 4.89. The molecule has 0 aliphatic heterocycles. The molecule has 31 heavy (non-hydrogen) atoms. The number of anilines is 1. The number of hydrogen-bond donors (Lipinski definition) is 1. The second kappa shape index (κ2) is 10.8. The van der Waals surface area contributed by atoms with E-state index in [1.165, 1.54) is 31.2 Å². The molecule has 0 radical (unpaired) electrons. The summed E-state index contributed by atoms with van der Waals surface area (Å²) >= 11 is 1.70. The van der Waals surface area contributed by atoms with Gasteiger partial charge in [0, 0.05) is 23.5 Å². The van der Waals surface area contributed by atoms with Gasteiger partial charge in [-0.15, -0.1) is 11.3 Å². The predicted octanol–water partition coefficient (Wildman–Crippen LogP) is 5.93. The molecule has 1 N–H and O–H groups in total. The van der Waals surface area contributed by atoms with Crippen LogP contribution in [0, 0.1) is 0 Å². The van der Waals surface area contributed by atoms with Crippen LogP contribution in [0.4, 0.5) is 5.13 Å². The van der Waals surface area contributed by atoms with Crippen LogP contribution in [0.15, 0.2) is 53.9 Å². The normalized spacial score (nSPS) is 13.9. The Labute approximate surface area is 210 Å². The Morgan fingerprint density at radius 1 is 1.10 bits per heavy atom. The van der Waals surface area contributed by atoms with Crippen molar-refractivity contribution in [1.29, 1.82) is 0 Å². The molecule has 4 rings (SSSR count). The molecule has 1 fully saturated rings. The Morgan fingerprint density at radius 3 is 2.32 bits per heavy atom. The van der Waals surface area contributed by atoms with Gasteiger partial charge in [0.1, 0.15) is 0 Å². The molecule has 0 saturated heterocycles. The first-order valence-corrected chi connectivity index (χ1v) is 11.5. The Morgan fingerprint density at radius 2 is 1.74 bits per heavy atom. The van der Waals surface area contributed by atoms with E-state index in [1.54, 1.807) is 23.5 Å². The average molecular weight is 445 g/mol. The summed E-state index contributed by atoms with van der Waals surface area (Å²) in [5, 5.41) is 12.3. The van der Waals surface area contributed by atoms with E-state index in [-0.39, 0.29) is 29.6 Å². The van der Waals surface area contributed by atoms with Gasteiger partial charge in [-0.3, -0.25) is 0 Å². The topological polar surface area (TPSA) is 53.4 Å². The molecule has 1 aliphatic rings. The number of nitrogens with zero attached hydrogens (tertiary/aromatic N) is 2. The number of carboxylic acid groups (broad SMARTS) is 1. The van der Waals surface area contributed by atoms with Crippen molar-refractivity contribution in [3.63, 3.8) is 0 Å². The number of rotatable bonds is 7. The molecule has 3 aromatic rings. The second-order valence-corrected chi connectivity index (χ2v) is 9.20. The zero-order valence-electron chi connectivity index (χ0n) is 17.5. The number of benzene rings is 2. The van der Waals surface area contributed by atoms with Crippen LogP contribution in [0.3, 0.4) is 0 Å². The molecule has 0 bridgehead atoms. The van der Waals surface area contributed by atoms with Crippen LogP contribution in [0.1, 0.15) is 66.9 Å². The number of carbonyl (C=O) groups is 1. The first-order valence-electron chi connectivity index (χ1n) is 10.7. The minimum absolute atomic E-state index is 0. The van der Waals surface area contributed by atoms with Gasteiger partial charge in [0.05, 0.1) is 11.3 Å². The van der Waals surface area contributed by atoms with Crippen molar-refractivity contribution in [2.24, 2.45) is 0 Å². The van der Waals surface area contributed by atoms with Crippen LogP contribution >= 0.6 is 11.3 Å². The Hall–Kier alpha value is -1.66. The molecule has 1 heterocycles. The SMILES string of the molecule is CC(C)c1ccc(-c2csc(N(Cc3ccc(C(=O)O)cc3)C3CCCC3)n2)cc1.[NaH]. The predicted molar refractivity (Wildman–Crippen MR) is 131 cm³/mol. The van der Waals surface area contributed by atoms with Crippen LogP contribution in [0.25, 0.3) is 11.3 Å². The van der Waals surface area contributed by atoms with Gasteiger partial charge in [-0.2, -0.15) is 0 Å². The molecule has 158 valence electrons. The van der Waals surface area contributed by atoms with Gasteiger partial charge in [0.25, 0.3) is 0 Å². The maximum absolute atomic E-state index is 11.1. The van der Waals surface area contributed by atoms with Crippen molar-refractivity contribution in [3.8, 4) is 11.3 Å². The summed E-state index contributed by atoms with van der Waals surface area (Å²) in [6, 6.07) is 16.4. The average Bonchev–Trinajstić information content (AvgIpc) is 3.45. The standard InChI is InChI=1S/C25H28N2O2S.Na.H/c1-17(2)19-11-13-20(14-12-19)23-16-30-25(26-23)27(22-5-3-4-6-22)15-18-7-9-21(10-8-18)24(28)29;;/h7-14,16-17,22H,3-6,15H2,1-2H3,(H,28,29);;. The second-order valence-electron chi connectivity index (χ2n) is 8.36. The van der Waals surface area contributed by atoms with E-state index in [0.717, 1.165) is 28.5 Å². The van der Waals surface area contributed by atoms with Crippen LogP contribution in [-0.4, -0.2) is 51.7 Å². The van der Waals surface area contributed by atoms with Gasteiger partial charge in [-0.25, -0.2) is 9.78 Å². The van der Waals surface area contributed by atoms with Gasteiger partial charge in [0.15, 0.2) is 5.13 Å². The monoisotopic (exact) mass is 444 g/mol. The summed E-state index contributed by atoms with van der Waals surface area (Å²) in [5.74, 6) is -0.363. The minimum atomic E-state index is -0.887. The number of carboxylic acids is 1. The zero-order valence-corrected chi connectivity index (χ0v) is 18.4. The molecular formula is C25H29N2NaO2S. The van der Waals surface area contributed by atoms with Crippen molar-refractivity contribution in [2.45, 2.75) is 58.0 Å². The molecular weight excluding hydrogens is 415 g/mol. The molecule has 1 aromatic heterocycles. The summed E-state index contributed by atoms with van der Waals surface area (Å²) in [5.41, 5.74) is 4.96. The molecule has 6 heteroatoms. The summed E-state index contributed by atoms with van der Waals surface area (Å²) < 4.78 is 0. The molecule has 4 nitrogen and oxygen atoms in total. The number of aromatic nitrogens is 1. The van der Waals surface area contributed by atoms with Gasteiger partial charge in [0.2, 0.25) is 0 Å². The van der Waals surface area contributed by atoms with Gasteiger partial charge >= 0.3 is 35.5 Å². The van der Waals surface area contributed by atoms with Crippen LogP contribution < -0.4 is 4.90 Å². The maximum atomic E-state index is 11.1. The Balaban J connectivity index is 0.00000272. The van der Waals surface area contributed by atoms with E-state index in [0.29, 0.717) is 17.5 Å². The molecule has 2 aromatic carbocycles. The fraction of sp³-hybridized carbons (Fsp3) is 0.360. The first kappa shape index (κ1) is 24.0. The third-order valence-corrected chi connectivity index (χ3v) is 6.81. The first-order chi connectivity index (χ1) is 14.5. The van der Waals surface area contributed by atoms with Crippen molar-refractivity contribution in [1.82, 2.24) is 4.98 Å². The van der Waals surface area contributed by atoms with E-state index in [1.807, 2.05) is 12.1 Å². The third-order valence-electron chi connectivity index (χ3n) is 5.93. The Kier molecular flexibility index (Phi) is 8.34. The summed E-state index contributed by atoms with van der Waals surface area (Å²) in [7, 11) is 0. The zero-order chi connectivity index (χ0) is 21.1. The number of thiazole rings is 1.